The van der Waals surface area contributed by atoms with Gasteiger partial charge in [0.15, 0.2) is 0 Å². The summed E-state index contributed by atoms with van der Waals surface area (Å²) in [5.74, 6) is 1.00. The van der Waals surface area contributed by atoms with Crippen LogP contribution in [0.25, 0.3) is 0 Å². The highest BCUT2D eigenvalue weighted by molar-refractivity contribution is 8.00. The number of ether oxygens (including phenoxy) is 3. The van der Waals surface area contributed by atoms with Crippen molar-refractivity contribution >= 4 is 27.7 Å². The van der Waals surface area contributed by atoms with Crippen LogP contribution < -0.4 is 19.7 Å². The molecular formula is C21H27N3O7S2. The standard InChI is InChI=1S/C21H27N3O7S2/c1-21(2)19(20(25)23-26)24(9-10-32-21)33(27,28)16-7-5-15(6-8-16)31-13-14-11-17(29-3)22-18(12-14)30-4/h5-8,11-12,19,26H,9-10,13H2,1-4H3,(H,23,25). The topological polar surface area (TPSA) is 127 Å². The molecule has 2 heterocycles. The summed E-state index contributed by atoms with van der Waals surface area (Å²) in [6, 6.07) is 8.33. The second-order valence-electron chi connectivity index (χ2n) is 7.77. The third-order valence-corrected chi connectivity index (χ3v) is 8.42. The average molecular weight is 498 g/mol. The molecule has 33 heavy (non-hydrogen) atoms. The first-order valence-electron chi connectivity index (χ1n) is 10.0. The quantitative estimate of drug-likeness (QED) is 0.416. The Balaban J connectivity index is 1.78. The van der Waals surface area contributed by atoms with Crippen molar-refractivity contribution in [1.29, 1.82) is 0 Å². The van der Waals surface area contributed by atoms with Gasteiger partial charge in [-0.25, -0.2) is 13.9 Å². The molecule has 2 N–H and O–H groups in total. The molecule has 1 atom stereocenters. The number of nitrogens with zero attached hydrogens (tertiary/aromatic N) is 2. The smallest absolute Gasteiger partial charge is 0.263 e. The lowest BCUT2D eigenvalue weighted by atomic mass is 10.0. The molecule has 1 aliphatic heterocycles. The van der Waals surface area contributed by atoms with Gasteiger partial charge in [-0.1, -0.05) is 0 Å². The van der Waals surface area contributed by atoms with E-state index in [-0.39, 0.29) is 18.0 Å². The molecule has 1 unspecified atom stereocenters. The molecular weight excluding hydrogens is 470 g/mol. The Kier molecular flexibility index (Phi) is 7.73. The SMILES string of the molecule is COc1cc(COc2ccc(S(=O)(=O)N3CCSC(C)(C)C3C(=O)NO)cc2)cc(OC)n1. The highest BCUT2D eigenvalue weighted by atomic mass is 32.2. The van der Waals surface area contributed by atoms with Crippen molar-refractivity contribution in [2.75, 3.05) is 26.5 Å². The van der Waals surface area contributed by atoms with Gasteiger partial charge in [0.1, 0.15) is 18.4 Å². The lowest BCUT2D eigenvalue weighted by Gasteiger charge is -2.43. The van der Waals surface area contributed by atoms with E-state index in [9.17, 15) is 13.2 Å². The van der Waals surface area contributed by atoms with E-state index in [1.165, 1.54) is 38.1 Å². The Hall–Kier alpha value is -2.54. The van der Waals surface area contributed by atoms with Crippen molar-refractivity contribution in [3.05, 3.63) is 42.0 Å². The van der Waals surface area contributed by atoms with E-state index < -0.39 is 26.7 Å². The minimum Gasteiger partial charge on any atom is -0.489 e. The van der Waals surface area contributed by atoms with Gasteiger partial charge in [0, 0.05) is 29.2 Å². The maximum absolute atomic E-state index is 13.3. The fourth-order valence-corrected chi connectivity index (χ4v) is 6.66. The number of carbonyl (C=O) groups excluding carboxylic acids is 1. The summed E-state index contributed by atoms with van der Waals surface area (Å²) >= 11 is 1.48. The van der Waals surface area contributed by atoms with Crippen LogP contribution >= 0.6 is 11.8 Å². The van der Waals surface area contributed by atoms with E-state index in [1.807, 2.05) is 0 Å². The minimum absolute atomic E-state index is 0.0283. The predicted octanol–water partition coefficient (Wildman–Crippen LogP) is 2.07. The van der Waals surface area contributed by atoms with Crippen molar-refractivity contribution in [2.24, 2.45) is 0 Å². The van der Waals surface area contributed by atoms with Crippen LogP contribution in [0.15, 0.2) is 41.3 Å². The predicted molar refractivity (Wildman–Crippen MR) is 122 cm³/mol. The Labute approximate surface area is 197 Å². The molecule has 10 nitrogen and oxygen atoms in total. The van der Waals surface area contributed by atoms with Crippen LogP contribution in [0.4, 0.5) is 0 Å². The normalized spacial score (nSPS) is 18.4. The number of amides is 1. The average Bonchev–Trinajstić information content (AvgIpc) is 2.81. The fourth-order valence-electron chi connectivity index (χ4n) is 3.55. The summed E-state index contributed by atoms with van der Waals surface area (Å²) in [6.07, 6.45) is 0. The molecule has 0 spiro atoms. The van der Waals surface area contributed by atoms with E-state index in [0.29, 0.717) is 23.3 Å². The highest BCUT2D eigenvalue weighted by Crippen LogP contribution is 2.38. The number of hydroxylamine groups is 1. The number of pyridine rings is 1. The van der Waals surface area contributed by atoms with Crippen molar-refractivity contribution < 1.29 is 32.6 Å². The molecule has 1 saturated heterocycles. The van der Waals surface area contributed by atoms with Crippen LogP contribution in [0, 0.1) is 0 Å². The summed E-state index contributed by atoms with van der Waals surface area (Å²) in [6.45, 7) is 3.90. The Morgan fingerprint density at radius 3 is 2.36 bits per heavy atom. The van der Waals surface area contributed by atoms with Gasteiger partial charge in [-0.05, 0) is 43.7 Å². The number of hydrogen-bond acceptors (Lipinski definition) is 9. The summed E-state index contributed by atoms with van der Waals surface area (Å²) in [7, 11) is -0.983. The molecule has 0 radical (unpaired) electrons. The van der Waals surface area contributed by atoms with Crippen LogP contribution in [0.5, 0.6) is 17.5 Å². The number of methoxy groups -OCH3 is 2. The number of benzene rings is 1. The van der Waals surface area contributed by atoms with Gasteiger partial charge < -0.3 is 14.2 Å². The molecule has 12 heteroatoms. The number of thioether (sulfide) groups is 1. The maximum Gasteiger partial charge on any atom is 0.263 e. The zero-order valence-electron chi connectivity index (χ0n) is 18.8. The number of carbonyl (C=O) groups is 1. The number of nitrogens with one attached hydrogen (secondary N) is 1. The Bertz CT molecular complexity index is 1070. The zero-order valence-corrected chi connectivity index (χ0v) is 20.4. The first kappa shape index (κ1) is 25.1. The molecule has 1 amide bonds. The fraction of sp³-hybridized carbons (Fsp3) is 0.429. The Morgan fingerprint density at radius 2 is 1.82 bits per heavy atom. The third kappa shape index (κ3) is 5.52. The van der Waals surface area contributed by atoms with Gasteiger partial charge in [0.25, 0.3) is 5.91 Å². The largest absolute Gasteiger partial charge is 0.489 e. The Morgan fingerprint density at radius 1 is 1.21 bits per heavy atom. The van der Waals surface area contributed by atoms with Gasteiger partial charge >= 0.3 is 0 Å². The minimum atomic E-state index is -3.99. The van der Waals surface area contributed by atoms with Crippen molar-refractivity contribution in [3.8, 4) is 17.5 Å². The van der Waals surface area contributed by atoms with E-state index in [0.717, 1.165) is 9.87 Å². The van der Waals surface area contributed by atoms with E-state index >= 15 is 0 Å². The third-order valence-electron chi connectivity index (χ3n) is 5.18. The van der Waals surface area contributed by atoms with E-state index in [4.69, 9.17) is 19.4 Å². The zero-order chi connectivity index (χ0) is 24.2. The lowest BCUT2D eigenvalue weighted by molar-refractivity contribution is -0.134. The second kappa shape index (κ2) is 10.2. The molecule has 0 aliphatic carbocycles. The summed E-state index contributed by atoms with van der Waals surface area (Å²) in [4.78, 5) is 16.5. The number of hydrogen-bond donors (Lipinski definition) is 2. The number of aromatic nitrogens is 1. The molecule has 2 aromatic rings. The number of sulfonamides is 1. The molecule has 1 aromatic carbocycles. The van der Waals surface area contributed by atoms with Gasteiger partial charge in [0.2, 0.25) is 21.8 Å². The molecule has 1 aromatic heterocycles. The van der Waals surface area contributed by atoms with Gasteiger partial charge in [-0.15, -0.1) is 0 Å². The van der Waals surface area contributed by atoms with Crippen LogP contribution in [0.2, 0.25) is 0 Å². The van der Waals surface area contributed by atoms with Crippen LogP contribution in [-0.2, 0) is 21.4 Å². The summed E-state index contributed by atoms with van der Waals surface area (Å²) in [5, 5.41) is 9.16. The first-order valence-corrected chi connectivity index (χ1v) is 12.5. The number of rotatable bonds is 8. The van der Waals surface area contributed by atoms with E-state index in [2.05, 4.69) is 4.98 Å². The monoisotopic (exact) mass is 497 g/mol. The van der Waals surface area contributed by atoms with E-state index in [1.54, 1.807) is 43.6 Å². The van der Waals surface area contributed by atoms with Crippen molar-refractivity contribution in [2.45, 2.75) is 36.1 Å². The van der Waals surface area contributed by atoms with Crippen LogP contribution in [0.1, 0.15) is 19.4 Å². The van der Waals surface area contributed by atoms with Crippen molar-refractivity contribution in [1.82, 2.24) is 14.8 Å². The maximum atomic E-state index is 13.3. The molecule has 180 valence electrons. The van der Waals surface area contributed by atoms with Crippen LogP contribution in [0.3, 0.4) is 0 Å². The molecule has 0 saturated carbocycles. The lowest BCUT2D eigenvalue weighted by Crippen LogP contribution is -2.61. The first-order chi connectivity index (χ1) is 15.6. The summed E-state index contributed by atoms with van der Waals surface area (Å²) < 4.78 is 43.1. The van der Waals surface area contributed by atoms with Crippen molar-refractivity contribution in [3.63, 3.8) is 0 Å². The van der Waals surface area contributed by atoms with Crippen LogP contribution in [-0.4, -0.2) is 66.1 Å². The second-order valence-corrected chi connectivity index (χ2v) is 11.4. The highest BCUT2D eigenvalue weighted by Gasteiger charge is 2.48. The summed E-state index contributed by atoms with van der Waals surface area (Å²) in [5.41, 5.74) is 2.37. The molecule has 1 aliphatic rings. The molecule has 0 bridgehead atoms. The van der Waals surface area contributed by atoms with Gasteiger partial charge in [-0.3, -0.25) is 10.0 Å². The molecule has 3 rings (SSSR count). The van der Waals surface area contributed by atoms with Gasteiger partial charge in [-0.2, -0.15) is 21.1 Å². The van der Waals surface area contributed by atoms with Gasteiger partial charge in [0.05, 0.1) is 19.1 Å². The molecule has 1 fully saturated rings.